The summed E-state index contributed by atoms with van der Waals surface area (Å²) in [7, 11) is 0. The number of unbranched alkanes of at least 4 members (excludes halogenated alkanes) is 3. The van der Waals surface area contributed by atoms with Gasteiger partial charge in [0, 0.05) is 0 Å². The summed E-state index contributed by atoms with van der Waals surface area (Å²) in [5.41, 5.74) is 0. The molecule has 1 heterocycles. The van der Waals surface area contributed by atoms with Crippen LogP contribution in [0, 0.1) is 27.0 Å². The van der Waals surface area contributed by atoms with E-state index in [1.54, 1.807) is 18.3 Å². The Morgan fingerprint density at radius 1 is 1.00 bits per heavy atom. The van der Waals surface area contributed by atoms with Crippen LogP contribution in [-0.4, -0.2) is 28.9 Å². The molecule has 1 aromatic rings. The summed E-state index contributed by atoms with van der Waals surface area (Å²) >= 11 is 5.47. The van der Waals surface area contributed by atoms with Crippen molar-refractivity contribution in [2.45, 2.75) is 59.3 Å². The number of halogens is 1. The minimum atomic E-state index is 0. The van der Waals surface area contributed by atoms with Crippen molar-refractivity contribution in [1.82, 2.24) is 4.98 Å². The van der Waals surface area contributed by atoms with Gasteiger partial charge in [0.15, 0.2) is 0 Å². The van der Waals surface area contributed by atoms with Gasteiger partial charge in [0.2, 0.25) is 0 Å². The largest absolute Gasteiger partial charge is 4.00 e. The number of hydrogen-bond donors (Lipinski definition) is 0. The van der Waals surface area contributed by atoms with Crippen LogP contribution in [0.15, 0.2) is 18.3 Å². The molecular weight excluding hydrogens is 372 g/mol. The van der Waals surface area contributed by atoms with Gasteiger partial charge in [-0.15, -0.1) is 12.1 Å². The Kier molecular flexibility index (Phi) is 44.8. The molecule has 20 heavy (non-hydrogen) atoms. The fourth-order valence-corrected chi connectivity index (χ4v) is 0.404. The van der Waals surface area contributed by atoms with Gasteiger partial charge in [0.1, 0.15) is 0 Å². The Morgan fingerprint density at radius 3 is 1.45 bits per heavy atom. The Morgan fingerprint density at radius 2 is 1.35 bits per heavy atom. The van der Waals surface area contributed by atoms with Crippen LogP contribution in [0.4, 0.5) is 0 Å². The van der Waals surface area contributed by atoms with Crippen LogP contribution in [0.5, 0.6) is 0 Å². The zero-order valence-corrected chi connectivity index (χ0v) is 17.0. The fraction of sp³-hybridized carbons (Fsp3) is 0.529. The first-order valence-corrected chi connectivity index (χ1v) is 7.37. The smallest absolute Gasteiger partial charge is 0.394 e. The SMILES string of the molecule is Clc1c[c-]ncc1.[CH2-]CCC.[CH2-]CCC.[CH2-]CCC.[Sn+4]. The van der Waals surface area contributed by atoms with E-state index in [0.29, 0.717) is 5.02 Å². The van der Waals surface area contributed by atoms with E-state index in [-0.39, 0.29) is 23.9 Å². The van der Waals surface area contributed by atoms with Crippen molar-refractivity contribution in [3.63, 3.8) is 0 Å². The quantitative estimate of drug-likeness (QED) is 0.445. The normalized spacial score (nSPS) is 7.55. The maximum Gasteiger partial charge on any atom is 4.00 e. The topological polar surface area (TPSA) is 12.9 Å². The third-order valence-corrected chi connectivity index (χ3v) is 1.88. The molecule has 0 saturated carbocycles. The van der Waals surface area contributed by atoms with Gasteiger partial charge in [0.25, 0.3) is 0 Å². The fourth-order valence-electron chi connectivity index (χ4n) is 0.299. The number of pyridine rings is 1. The number of hydrogen-bond acceptors (Lipinski definition) is 1. The van der Waals surface area contributed by atoms with Gasteiger partial charge in [-0.25, -0.2) is 0 Å². The molecule has 0 N–H and O–H groups in total. The first kappa shape index (κ1) is 28.4. The van der Waals surface area contributed by atoms with E-state index in [0.717, 1.165) is 19.3 Å². The standard InChI is InChI=1S/C5H3ClN.3C4H9.Sn/c6-5-1-3-7-4-2-5;3*1-3-4-2;/h1-3H;3*1,3-4H2,2H3;/q4*-1;+4. The van der Waals surface area contributed by atoms with E-state index in [1.165, 1.54) is 19.3 Å². The van der Waals surface area contributed by atoms with Crippen LogP contribution < -0.4 is 0 Å². The molecule has 0 bridgehead atoms. The zero-order valence-electron chi connectivity index (χ0n) is 13.4. The van der Waals surface area contributed by atoms with E-state index in [9.17, 15) is 0 Å². The van der Waals surface area contributed by atoms with E-state index in [1.807, 2.05) is 0 Å². The maximum absolute atomic E-state index is 5.47. The van der Waals surface area contributed by atoms with Crippen LogP contribution in [-0.2, 0) is 0 Å². The molecule has 3 heteroatoms. The van der Waals surface area contributed by atoms with Gasteiger partial charge in [-0.3, -0.25) is 0 Å². The van der Waals surface area contributed by atoms with Gasteiger partial charge in [-0.1, -0.05) is 57.4 Å². The van der Waals surface area contributed by atoms with Crippen molar-refractivity contribution in [2.24, 2.45) is 0 Å². The summed E-state index contributed by atoms with van der Waals surface area (Å²) in [6, 6.07) is 3.32. The first-order valence-electron chi connectivity index (χ1n) is 6.99. The van der Waals surface area contributed by atoms with Gasteiger partial charge < -0.3 is 25.8 Å². The van der Waals surface area contributed by atoms with Crippen molar-refractivity contribution in [3.05, 3.63) is 50.3 Å². The molecule has 0 aliphatic rings. The third kappa shape index (κ3) is 42.9. The summed E-state index contributed by atoms with van der Waals surface area (Å²) in [6.07, 6.45) is 11.0. The summed E-state index contributed by atoms with van der Waals surface area (Å²) < 4.78 is 0. The molecule has 1 rings (SSSR count). The van der Waals surface area contributed by atoms with Gasteiger partial charge in [-0.2, -0.15) is 30.9 Å². The summed E-state index contributed by atoms with van der Waals surface area (Å²) in [6.45, 7) is 17.2. The molecule has 1 nitrogen and oxygen atoms in total. The molecule has 0 fully saturated rings. The maximum atomic E-state index is 5.47. The van der Waals surface area contributed by atoms with E-state index >= 15 is 0 Å². The monoisotopic (exact) mass is 403 g/mol. The summed E-state index contributed by atoms with van der Waals surface area (Å²) in [5, 5.41) is 0.676. The van der Waals surface area contributed by atoms with Crippen molar-refractivity contribution in [1.29, 1.82) is 0 Å². The van der Waals surface area contributed by atoms with E-state index in [4.69, 9.17) is 11.6 Å². The Balaban J connectivity index is -0.0000000881. The molecule has 1 aromatic heterocycles. The minimum Gasteiger partial charge on any atom is -0.394 e. The predicted molar refractivity (Wildman–Crippen MR) is 94.6 cm³/mol. The molecule has 0 saturated heterocycles. The van der Waals surface area contributed by atoms with Crippen molar-refractivity contribution < 1.29 is 0 Å². The van der Waals surface area contributed by atoms with E-state index in [2.05, 4.69) is 52.7 Å². The second-order valence-electron chi connectivity index (χ2n) is 3.66. The average Bonchev–Trinajstić information content (AvgIpc) is 2.48. The van der Waals surface area contributed by atoms with Crippen LogP contribution in [0.1, 0.15) is 59.3 Å². The Hall–Kier alpha value is 0.239. The Labute approximate surface area is 149 Å². The number of rotatable bonds is 3. The third-order valence-electron chi connectivity index (χ3n) is 1.65. The molecule has 0 atom stereocenters. The zero-order chi connectivity index (χ0) is 15.4. The molecule has 0 aromatic carbocycles. The minimum absolute atomic E-state index is 0. The predicted octanol–water partition coefficient (Wildman–Crippen LogP) is 6.02. The van der Waals surface area contributed by atoms with Crippen molar-refractivity contribution in [2.75, 3.05) is 0 Å². The van der Waals surface area contributed by atoms with E-state index < -0.39 is 0 Å². The van der Waals surface area contributed by atoms with Crippen LogP contribution >= 0.6 is 11.6 Å². The molecule has 0 unspecified atom stereocenters. The molecular formula is C17H30ClNSn. The molecule has 0 aliphatic carbocycles. The van der Waals surface area contributed by atoms with Gasteiger partial charge in [-0.05, 0) is 0 Å². The molecule has 0 amide bonds. The van der Waals surface area contributed by atoms with Gasteiger partial charge >= 0.3 is 23.9 Å². The Bertz CT molecular complexity index is 202. The number of nitrogens with zero attached hydrogens (tertiary/aromatic N) is 1. The van der Waals surface area contributed by atoms with Crippen molar-refractivity contribution >= 4 is 35.5 Å². The summed E-state index contributed by atoms with van der Waals surface area (Å²) in [4.78, 5) is 3.64. The second kappa shape index (κ2) is 31.6. The molecule has 0 spiro atoms. The molecule has 0 aliphatic heterocycles. The van der Waals surface area contributed by atoms with Crippen molar-refractivity contribution in [3.8, 4) is 0 Å². The molecule has 0 radical (unpaired) electrons. The second-order valence-corrected chi connectivity index (χ2v) is 4.10. The van der Waals surface area contributed by atoms with Crippen LogP contribution in [0.3, 0.4) is 0 Å². The van der Waals surface area contributed by atoms with Gasteiger partial charge in [0.05, 0.1) is 0 Å². The average molecular weight is 403 g/mol. The van der Waals surface area contributed by atoms with Crippen LogP contribution in [0.2, 0.25) is 5.02 Å². The summed E-state index contributed by atoms with van der Waals surface area (Å²) in [5.74, 6) is 0. The number of aromatic nitrogens is 1. The molecule has 114 valence electrons. The van der Waals surface area contributed by atoms with Crippen LogP contribution in [0.25, 0.3) is 0 Å². The first-order chi connectivity index (χ1) is 9.14.